The quantitative estimate of drug-likeness (QED) is 0.167. The highest BCUT2D eigenvalue weighted by molar-refractivity contribution is 6.17. The monoisotopic (exact) mass is 806 g/mol. The van der Waals surface area contributed by atoms with Crippen molar-refractivity contribution < 1.29 is 8.83 Å². The van der Waals surface area contributed by atoms with E-state index in [0.717, 1.165) is 99.5 Å². The first-order chi connectivity index (χ1) is 31.2. The molecule has 0 unspecified atom stereocenters. The van der Waals surface area contributed by atoms with E-state index in [2.05, 4.69) is 150 Å². The van der Waals surface area contributed by atoms with Crippen LogP contribution in [-0.2, 0) is 0 Å². The summed E-state index contributed by atoms with van der Waals surface area (Å²) < 4.78 is 15.6. The number of fused-ring (bicyclic) bond motifs is 9. The van der Waals surface area contributed by atoms with Crippen LogP contribution >= 0.6 is 0 Å². The fourth-order valence-electron chi connectivity index (χ4n) is 9.36. The smallest absolute Gasteiger partial charge is 0.164 e. The molecular weight excluding hydrogens is 773 g/mol. The Morgan fingerprint density at radius 2 is 0.810 bits per heavy atom. The largest absolute Gasteiger partial charge is 0.456 e. The van der Waals surface area contributed by atoms with Crippen LogP contribution in [0.4, 0.5) is 0 Å². The Morgan fingerprint density at radius 1 is 0.302 bits per heavy atom. The van der Waals surface area contributed by atoms with Crippen molar-refractivity contribution >= 4 is 65.7 Å². The molecule has 0 bridgehead atoms. The van der Waals surface area contributed by atoms with Crippen LogP contribution in [0.15, 0.2) is 215 Å². The molecule has 9 aromatic carbocycles. The fourth-order valence-corrected chi connectivity index (χ4v) is 9.36. The van der Waals surface area contributed by atoms with Gasteiger partial charge in [0.2, 0.25) is 0 Å². The van der Waals surface area contributed by atoms with Crippen molar-refractivity contribution in [2.75, 3.05) is 0 Å². The van der Waals surface area contributed by atoms with Crippen LogP contribution < -0.4 is 0 Å². The third-order valence-electron chi connectivity index (χ3n) is 12.3. The normalized spacial score (nSPS) is 11.8. The van der Waals surface area contributed by atoms with E-state index in [1.165, 1.54) is 10.8 Å². The lowest BCUT2D eigenvalue weighted by Gasteiger charge is -2.12. The highest BCUT2D eigenvalue weighted by Gasteiger charge is 2.22. The Balaban J connectivity index is 1.02. The average molecular weight is 807 g/mol. The van der Waals surface area contributed by atoms with E-state index in [1.807, 2.05) is 60.7 Å². The molecule has 13 rings (SSSR count). The molecule has 0 N–H and O–H groups in total. The van der Waals surface area contributed by atoms with Gasteiger partial charge in [0, 0.05) is 55.1 Å². The molecule has 0 amide bonds. The summed E-state index contributed by atoms with van der Waals surface area (Å²) in [6.07, 6.45) is 0. The summed E-state index contributed by atoms with van der Waals surface area (Å²) in [5, 5.41) is 6.46. The van der Waals surface area contributed by atoms with E-state index in [-0.39, 0.29) is 0 Å². The zero-order valence-corrected chi connectivity index (χ0v) is 33.7. The minimum Gasteiger partial charge on any atom is -0.456 e. The van der Waals surface area contributed by atoms with E-state index in [1.54, 1.807) is 0 Å². The topological polar surface area (TPSA) is 69.9 Å². The summed E-state index contributed by atoms with van der Waals surface area (Å²) in [7, 11) is 0. The zero-order chi connectivity index (χ0) is 41.4. The van der Waals surface area contributed by atoms with Crippen molar-refractivity contribution in [2.24, 2.45) is 0 Å². The molecule has 0 aliphatic carbocycles. The number of para-hydroxylation sites is 3. The molecule has 294 valence electrons. The molecule has 4 heterocycles. The highest BCUT2D eigenvalue weighted by Crippen LogP contribution is 2.44. The van der Waals surface area contributed by atoms with Gasteiger partial charge in [-0.05, 0) is 64.7 Å². The zero-order valence-electron chi connectivity index (χ0n) is 33.7. The molecule has 63 heavy (non-hydrogen) atoms. The van der Waals surface area contributed by atoms with Crippen LogP contribution in [0.25, 0.3) is 128 Å². The Hall–Kier alpha value is -8.61. The standard InChI is InChI=1S/C57H34N4O2/c1-3-14-35(15-4-1)36-26-28-38(29-27-36)56-58-55(37-16-5-2-6-17-37)59-57(60-56)44-21-13-25-51-54(44)46-32-39(30-31-50(46)62-51)45-33-40(34-52-53(45)43-20-9-12-24-49(43)63-52)61-47-22-10-7-18-41(47)42-19-8-11-23-48(42)61/h1-34H. The van der Waals surface area contributed by atoms with Crippen LogP contribution in [0.1, 0.15) is 0 Å². The fraction of sp³-hybridized carbons (Fsp3) is 0. The molecule has 4 aromatic heterocycles. The lowest BCUT2D eigenvalue weighted by Crippen LogP contribution is -2.00. The van der Waals surface area contributed by atoms with Gasteiger partial charge in [-0.3, -0.25) is 0 Å². The van der Waals surface area contributed by atoms with Crippen molar-refractivity contribution in [1.29, 1.82) is 0 Å². The summed E-state index contributed by atoms with van der Waals surface area (Å²) in [4.78, 5) is 15.4. The Bertz CT molecular complexity index is 3850. The van der Waals surface area contributed by atoms with E-state index < -0.39 is 0 Å². The minimum atomic E-state index is 0.571. The van der Waals surface area contributed by atoms with Gasteiger partial charge in [-0.1, -0.05) is 158 Å². The predicted molar refractivity (Wildman–Crippen MR) is 256 cm³/mol. The number of hydrogen-bond donors (Lipinski definition) is 0. The third kappa shape index (κ3) is 5.69. The summed E-state index contributed by atoms with van der Waals surface area (Å²) in [5.74, 6) is 1.77. The second-order valence-corrected chi connectivity index (χ2v) is 15.9. The van der Waals surface area contributed by atoms with E-state index in [0.29, 0.717) is 17.5 Å². The van der Waals surface area contributed by atoms with Crippen molar-refractivity contribution in [3.63, 3.8) is 0 Å². The van der Waals surface area contributed by atoms with Crippen LogP contribution in [-0.4, -0.2) is 19.5 Å². The van der Waals surface area contributed by atoms with Gasteiger partial charge < -0.3 is 13.4 Å². The molecule has 6 nitrogen and oxygen atoms in total. The van der Waals surface area contributed by atoms with Crippen LogP contribution in [0.5, 0.6) is 0 Å². The molecule has 0 spiro atoms. The Kier molecular flexibility index (Phi) is 7.80. The molecule has 0 atom stereocenters. The predicted octanol–water partition coefficient (Wildman–Crippen LogP) is 15.1. The minimum absolute atomic E-state index is 0.571. The lowest BCUT2D eigenvalue weighted by molar-refractivity contribution is 0.668. The maximum absolute atomic E-state index is 6.67. The first kappa shape index (κ1) is 35.2. The summed E-state index contributed by atoms with van der Waals surface area (Å²) in [5.41, 5.74) is 13.6. The Morgan fingerprint density at radius 3 is 1.54 bits per heavy atom. The van der Waals surface area contributed by atoms with Gasteiger partial charge in [-0.2, -0.15) is 0 Å². The van der Waals surface area contributed by atoms with Gasteiger partial charge in [0.1, 0.15) is 22.3 Å². The van der Waals surface area contributed by atoms with Gasteiger partial charge in [-0.25, -0.2) is 15.0 Å². The number of furan rings is 2. The molecular formula is C57H34N4O2. The number of nitrogens with zero attached hydrogens (tertiary/aromatic N) is 4. The molecule has 0 radical (unpaired) electrons. The lowest BCUT2D eigenvalue weighted by atomic mass is 9.96. The molecule has 0 aliphatic heterocycles. The van der Waals surface area contributed by atoms with E-state index >= 15 is 0 Å². The van der Waals surface area contributed by atoms with Gasteiger partial charge in [-0.15, -0.1) is 0 Å². The van der Waals surface area contributed by atoms with Crippen molar-refractivity contribution in [3.8, 4) is 62.1 Å². The van der Waals surface area contributed by atoms with Gasteiger partial charge in [0.25, 0.3) is 0 Å². The second-order valence-electron chi connectivity index (χ2n) is 15.9. The van der Waals surface area contributed by atoms with Crippen molar-refractivity contribution in [1.82, 2.24) is 19.5 Å². The third-order valence-corrected chi connectivity index (χ3v) is 12.3. The number of hydrogen-bond acceptors (Lipinski definition) is 5. The van der Waals surface area contributed by atoms with E-state index in [4.69, 9.17) is 23.8 Å². The Labute approximate surface area is 361 Å². The van der Waals surface area contributed by atoms with Crippen LogP contribution in [0.2, 0.25) is 0 Å². The molecule has 0 saturated carbocycles. The average Bonchev–Trinajstić information content (AvgIpc) is 4.03. The molecule has 0 saturated heterocycles. The van der Waals surface area contributed by atoms with Gasteiger partial charge >= 0.3 is 0 Å². The molecule has 6 heteroatoms. The first-order valence-electron chi connectivity index (χ1n) is 21.1. The molecule has 13 aromatic rings. The highest BCUT2D eigenvalue weighted by atomic mass is 16.3. The summed E-state index contributed by atoms with van der Waals surface area (Å²) in [6, 6.07) is 71.5. The van der Waals surface area contributed by atoms with Gasteiger partial charge in [0.05, 0.1) is 16.7 Å². The maximum Gasteiger partial charge on any atom is 0.164 e. The van der Waals surface area contributed by atoms with Crippen LogP contribution in [0.3, 0.4) is 0 Å². The molecule has 0 fully saturated rings. The summed E-state index contributed by atoms with van der Waals surface area (Å²) >= 11 is 0. The summed E-state index contributed by atoms with van der Waals surface area (Å²) in [6.45, 7) is 0. The molecule has 0 aliphatic rings. The van der Waals surface area contributed by atoms with E-state index in [9.17, 15) is 0 Å². The van der Waals surface area contributed by atoms with Gasteiger partial charge in [0.15, 0.2) is 17.5 Å². The SMILES string of the molecule is c1ccc(-c2ccc(-c3nc(-c4ccccc4)nc(-c4cccc5oc6ccc(-c7cc(-n8c9ccccc9c9ccccc98)cc8oc9ccccc9c78)cc6c45)n3)cc2)cc1. The second kappa shape index (κ2) is 14.0. The van der Waals surface area contributed by atoms with Crippen molar-refractivity contribution in [2.45, 2.75) is 0 Å². The first-order valence-corrected chi connectivity index (χ1v) is 21.1. The maximum atomic E-state index is 6.67. The number of benzene rings is 9. The number of rotatable bonds is 6. The van der Waals surface area contributed by atoms with Crippen LogP contribution in [0, 0.1) is 0 Å². The van der Waals surface area contributed by atoms with Crippen molar-refractivity contribution in [3.05, 3.63) is 206 Å². The number of aromatic nitrogens is 4.